The average molecular weight is 254 g/mol. The summed E-state index contributed by atoms with van der Waals surface area (Å²) in [4.78, 5) is 0. The summed E-state index contributed by atoms with van der Waals surface area (Å²) in [6, 6.07) is 5.62. The van der Waals surface area contributed by atoms with Gasteiger partial charge in [-0.2, -0.15) is 0 Å². The molecule has 0 aliphatic rings. The zero-order chi connectivity index (χ0) is 10.6. The number of benzene rings is 1. The molecule has 0 atom stereocenters. The van der Waals surface area contributed by atoms with Crippen LogP contribution in [0.5, 0.6) is 5.75 Å². The number of nitrogens with one attached hydrogen (secondary N) is 1. The lowest BCUT2D eigenvalue weighted by atomic mass is 10.1. The summed E-state index contributed by atoms with van der Waals surface area (Å²) in [7, 11) is 0. The van der Waals surface area contributed by atoms with Gasteiger partial charge in [-0.25, -0.2) is 0 Å². The van der Waals surface area contributed by atoms with E-state index in [4.69, 9.17) is 10.1 Å². The molecule has 14 heavy (non-hydrogen) atoms. The van der Waals surface area contributed by atoms with Crippen molar-refractivity contribution < 1.29 is 4.74 Å². The van der Waals surface area contributed by atoms with Gasteiger partial charge in [0.05, 0.1) is 0 Å². The van der Waals surface area contributed by atoms with E-state index in [1.54, 1.807) is 13.0 Å². The fourth-order valence-electron chi connectivity index (χ4n) is 1.07. The van der Waals surface area contributed by atoms with Gasteiger partial charge in [0.2, 0.25) is 0 Å². The second-order valence-corrected chi connectivity index (χ2v) is 3.78. The van der Waals surface area contributed by atoms with Crippen molar-refractivity contribution in [2.75, 3.05) is 6.61 Å². The summed E-state index contributed by atoms with van der Waals surface area (Å²) >= 11 is 3.36. The van der Waals surface area contributed by atoms with Crippen LogP contribution in [0.15, 0.2) is 35.3 Å². The zero-order valence-electron chi connectivity index (χ0n) is 8.01. The van der Waals surface area contributed by atoms with Gasteiger partial charge in [-0.1, -0.05) is 28.6 Å². The van der Waals surface area contributed by atoms with Crippen LogP contribution in [0, 0.1) is 5.41 Å². The van der Waals surface area contributed by atoms with E-state index >= 15 is 0 Å². The summed E-state index contributed by atoms with van der Waals surface area (Å²) in [5, 5.41) is 7.58. The highest BCUT2D eigenvalue weighted by Crippen LogP contribution is 2.23. The SMILES string of the molecule is C=CCOc1ccc(Br)cc1C(C)=N. The minimum Gasteiger partial charge on any atom is -0.489 e. The van der Waals surface area contributed by atoms with Gasteiger partial charge in [-0.05, 0) is 25.1 Å². The van der Waals surface area contributed by atoms with Crippen molar-refractivity contribution in [2.45, 2.75) is 6.92 Å². The maximum absolute atomic E-state index is 7.58. The molecule has 0 unspecified atom stereocenters. The fraction of sp³-hybridized carbons (Fsp3) is 0.182. The predicted octanol–water partition coefficient (Wildman–Crippen LogP) is 3.40. The minimum atomic E-state index is 0.460. The molecule has 3 heteroatoms. The van der Waals surface area contributed by atoms with E-state index < -0.39 is 0 Å². The van der Waals surface area contributed by atoms with Gasteiger partial charge in [-0.3, -0.25) is 0 Å². The molecule has 0 saturated carbocycles. The topological polar surface area (TPSA) is 33.1 Å². The smallest absolute Gasteiger partial charge is 0.128 e. The molecule has 1 aromatic rings. The normalized spacial score (nSPS) is 9.57. The largest absolute Gasteiger partial charge is 0.489 e. The third-order valence-electron chi connectivity index (χ3n) is 1.70. The number of rotatable bonds is 4. The molecule has 0 heterocycles. The van der Waals surface area contributed by atoms with Crippen molar-refractivity contribution in [1.82, 2.24) is 0 Å². The quantitative estimate of drug-likeness (QED) is 0.648. The highest BCUT2D eigenvalue weighted by molar-refractivity contribution is 9.10. The minimum absolute atomic E-state index is 0.460. The summed E-state index contributed by atoms with van der Waals surface area (Å²) in [5.41, 5.74) is 1.30. The first-order valence-electron chi connectivity index (χ1n) is 4.24. The van der Waals surface area contributed by atoms with Crippen molar-refractivity contribution in [3.63, 3.8) is 0 Å². The first-order valence-corrected chi connectivity index (χ1v) is 5.03. The third-order valence-corrected chi connectivity index (χ3v) is 2.20. The molecule has 1 N–H and O–H groups in total. The molecule has 0 spiro atoms. The molecular formula is C11H12BrNO. The van der Waals surface area contributed by atoms with Crippen LogP contribution in [0.3, 0.4) is 0 Å². The van der Waals surface area contributed by atoms with Crippen LogP contribution in [0.25, 0.3) is 0 Å². The van der Waals surface area contributed by atoms with E-state index in [1.807, 2.05) is 18.2 Å². The first kappa shape index (κ1) is 11.0. The third kappa shape index (κ3) is 2.70. The van der Waals surface area contributed by atoms with E-state index in [0.29, 0.717) is 12.3 Å². The van der Waals surface area contributed by atoms with Gasteiger partial charge in [0, 0.05) is 15.7 Å². The Morgan fingerprint density at radius 3 is 2.93 bits per heavy atom. The second-order valence-electron chi connectivity index (χ2n) is 2.87. The number of halogens is 1. The molecule has 0 bridgehead atoms. The average Bonchev–Trinajstić information content (AvgIpc) is 2.15. The molecule has 0 aliphatic heterocycles. The van der Waals surface area contributed by atoms with Crippen molar-refractivity contribution >= 4 is 21.6 Å². The molecule has 0 aliphatic carbocycles. The van der Waals surface area contributed by atoms with Crippen molar-refractivity contribution in [3.05, 3.63) is 40.9 Å². The van der Waals surface area contributed by atoms with E-state index in [2.05, 4.69) is 22.5 Å². The van der Waals surface area contributed by atoms with Crippen molar-refractivity contribution in [3.8, 4) is 5.75 Å². The van der Waals surface area contributed by atoms with Gasteiger partial charge in [-0.15, -0.1) is 0 Å². The fourth-order valence-corrected chi connectivity index (χ4v) is 1.43. The Labute approximate surface area is 92.2 Å². The molecule has 74 valence electrons. The van der Waals surface area contributed by atoms with Gasteiger partial charge >= 0.3 is 0 Å². The predicted molar refractivity (Wildman–Crippen MR) is 62.3 cm³/mol. The van der Waals surface area contributed by atoms with E-state index in [0.717, 1.165) is 15.8 Å². The summed E-state index contributed by atoms with van der Waals surface area (Å²) in [5.74, 6) is 0.723. The van der Waals surface area contributed by atoms with E-state index in [1.165, 1.54) is 0 Å². The molecular weight excluding hydrogens is 242 g/mol. The van der Waals surface area contributed by atoms with Gasteiger partial charge in [0.15, 0.2) is 0 Å². The monoisotopic (exact) mass is 253 g/mol. The Morgan fingerprint density at radius 1 is 1.64 bits per heavy atom. The second kappa shape index (κ2) is 4.96. The lowest BCUT2D eigenvalue weighted by Gasteiger charge is -2.09. The number of hydrogen-bond donors (Lipinski definition) is 1. The standard InChI is InChI=1S/C11H12BrNO/c1-3-6-14-11-5-4-9(12)7-10(11)8(2)13/h3-5,7,13H,1,6H2,2H3. The van der Waals surface area contributed by atoms with Crippen LogP contribution in [0.2, 0.25) is 0 Å². The Balaban J connectivity index is 3.01. The molecule has 2 nitrogen and oxygen atoms in total. The zero-order valence-corrected chi connectivity index (χ0v) is 9.60. The Kier molecular flexibility index (Phi) is 3.89. The molecule has 0 radical (unpaired) electrons. The highest BCUT2D eigenvalue weighted by Gasteiger charge is 2.05. The number of ether oxygens (including phenoxy) is 1. The molecule has 0 saturated heterocycles. The lowest BCUT2D eigenvalue weighted by Crippen LogP contribution is -2.00. The summed E-state index contributed by atoms with van der Waals surface area (Å²) < 4.78 is 6.37. The van der Waals surface area contributed by atoms with Gasteiger partial charge in [0.25, 0.3) is 0 Å². The Morgan fingerprint density at radius 2 is 2.36 bits per heavy atom. The molecule has 0 aromatic heterocycles. The maximum atomic E-state index is 7.58. The number of hydrogen-bond acceptors (Lipinski definition) is 2. The Bertz CT molecular complexity index is 360. The first-order chi connectivity index (χ1) is 6.65. The van der Waals surface area contributed by atoms with Crippen LogP contribution in [-0.2, 0) is 0 Å². The van der Waals surface area contributed by atoms with E-state index in [-0.39, 0.29) is 0 Å². The summed E-state index contributed by atoms with van der Waals surface area (Å²) in [6.07, 6.45) is 1.69. The van der Waals surface area contributed by atoms with Crippen LogP contribution >= 0.6 is 15.9 Å². The van der Waals surface area contributed by atoms with Gasteiger partial charge in [0.1, 0.15) is 12.4 Å². The molecule has 1 aromatic carbocycles. The summed E-state index contributed by atoms with van der Waals surface area (Å²) in [6.45, 7) is 5.78. The lowest BCUT2D eigenvalue weighted by molar-refractivity contribution is 0.362. The Hall–Kier alpha value is -1.09. The van der Waals surface area contributed by atoms with Crippen molar-refractivity contribution in [2.24, 2.45) is 0 Å². The molecule has 0 amide bonds. The highest BCUT2D eigenvalue weighted by atomic mass is 79.9. The van der Waals surface area contributed by atoms with Gasteiger partial charge < -0.3 is 10.1 Å². The van der Waals surface area contributed by atoms with Crippen molar-refractivity contribution in [1.29, 1.82) is 5.41 Å². The van der Waals surface area contributed by atoms with Crippen LogP contribution in [-0.4, -0.2) is 12.3 Å². The van der Waals surface area contributed by atoms with Crippen LogP contribution in [0.1, 0.15) is 12.5 Å². The molecule has 0 fully saturated rings. The maximum Gasteiger partial charge on any atom is 0.128 e. The van der Waals surface area contributed by atoms with E-state index in [9.17, 15) is 0 Å². The van der Waals surface area contributed by atoms with Crippen LogP contribution in [0.4, 0.5) is 0 Å². The van der Waals surface area contributed by atoms with Crippen LogP contribution < -0.4 is 4.74 Å². The molecule has 1 rings (SSSR count).